The molecule has 3 nitrogen and oxygen atoms in total. The average molecular weight is 248 g/mol. The fraction of sp³-hybridized carbons (Fsp3) is 0.400. The van der Waals surface area contributed by atoms with Crippen LogP contribution in [0.5, 0.6) is 5.75 Å². The third-order valence-corrected chi connectivity index (χ3v) is 2.03. The van der Waals surface area contributed by atoms with Crippen molar-refractivity contribution in [3.05, 3.63) is 23.0 Å². The van der Waals surface area contributed by atoms with Crippen molar-refractivity contribution in [1.82, 2.24) is 4.98 Å². The Labute approximate surface area is 94.6 Å². The molecule has 0 N–H and O–H groups in total. The number of halogens is 4. The molecule has 0 radical (unpaired) electrons. The molecule has 1 aromatic heterocycles. The smallest absolute Gasteiger partial charge is 0.405 e. The number of aryl methyl sites for hydroxylation is 1. The van der Waals surface area contributed by atoms with Gasteiger partial charge in [0.2, 0.25) is 0 Å². The van der Waals surface area contributed by atoms with Gasteiger partial charge in [0.1, 0.15) is 12.4 Å². The molecule has 1 aromatic rings. The molecular formula is C10H8F4N2O. The van der Waals surface area contributed by atoms with Crippen LogP contribution in [0.15, 0.2) is 6.20 Å². The summed E-state index contributed by atoms with van der Waals surface area (Å²) in [7, 11) is 0. The summed E-state index contributed by atoms with van der Waals surface area (Å²) in [5.41, 5.74) is -0.152. The minimum absolute atomic E-state index is 0.0417. The van der Waals surface area contributed by atoms with Gasteiger partial charge in [-0.2, -0.15) is 5.26 Å². The lowest BCUT2D eigenvalue weighted by Gasteiger charge is -2.15. The molecule has 92 valence electrons. The summed E-state index contributed by atoms with van der Waals surface area (Å²) in [4.78, 5) is 3.72. The Morgan fingerprint density at radius 1 is 1.47 bits per heavy atom. The van der Waals surface area contributed by atoms with E-state index in [1.807, 2.05) is 0 Å². The van der Waals surface area contributed by atoms with Crippen LogP contribution in [0.2, 0.25) is 0 Å². The Morgan fingerprint density at radius 3 is 2.59 bits per heavy atom. The molecule has 1 heterocycles. The molecule has 0 fully saturated rings. The van der Waals surface area contributed by atoms with Crippen LogP contribution in [0.3, 0.4) is 0 Å². The van der Waals surface area contributed by atoms with E-state index in [-0.39, 0.29) is 23.2 Å². The van der Waals surface area contributed by atoms with Crippen LogP contribution >= 0.6 is 0 Å². The molecule has 0 aliphatic rings. The highest BCUT2D eigenvalue weighted by Gasteiger charge is 2.33. The molecule has 0 unspecified atom stereocenters. The van der Waals surface area contributed by atoms with E-state index >= 15 is 0 Å². The van der Waals surface area contributed by atoms with Crippen molar-refractivity contribution in [3.63, 3.8) is 0 Å². The van der Waals surface area contributed by atoms with Crippen LogP contribution in [-0.4, -0.2) is 11.3 Å². The maximum absolute atomic E-state index is 12.5. The summed E-state index contributed by atoms with van der Waals surface area (Å²) in [5, 5.41) is 8.52. The molecule has 0 amide bonds. The second kappa shape index (κ2) is 4.99. The summed E-state index contributed by atoms with van der Waals surface area (Å²) >= 11 is 0. The first-order valence-corrected chi connectivity index (χ1v) is 4.55. The molecule has 0 saturated heterocycles. The maximum Gasteiger partial charge on any atom is 0.573 e. The predicted octanol–water partition coefficient (Wildman–Crippen LogP) is 2.82. The first-order chi connectivity index (χ1) is 7.89. The second-order valence-electron chi connectivity index (χ2n) is 3.19. The van der Waals surface area contributed by atoms with Gasteiger partial charge in [-0.3, -0.25) is 4.98 Å². The number of alkyl halides is 4. The van der Waals surface area contributed by atoms with Gasteiger partial charge in [0.15, 0.2) is 0 Å². The first kappa shape index (κ1) is 13.2. The van der Waals surface area contributed by atoms with Crippen molar-refractivity contribution < 1.29 is 22.3 Å². The number of hydrogen-bond donors (Lipinski definition) is 0. The Morgan fingerprint density at radius 2 is 2.12 bits per heavy atom. The third kappa shape index (κ3) is 3.31. The fourth-order valence-electron chi connectivity index (χ4n) is 1.29. The Hall–Kier alpha value is -1.84. The number of nitriles is 1. The summed E-state index contributed by atoms with van der Waals surface area (Å²) < 4.78 is 52.8. The average Bonchev–Trinajstić information content (AvgIpc) is 2.22. The lowest BCUT2D eigenvalue weighted by Crippen LogP contribution is -2.20. The molecule has 17 heavy (non-hydrogen) atoms. The van der Waals surface area contributed by atoms with Crippen LogP contribution in [0.25, 0.3) is 0 Å². The quantitative estimate of drug-likeness (QED) is 0.772. The zero-order valence-electron chi connectivity index (χ0n) is 8.81. The van der Waals surface area contributed by atoms with Gasteiger partial charge < -0.3 is 4.74 Å². The van der Waals surface area contributed by atoms with Crippen molar-refractivity contribution >= 4 is 0 Å². The molecule has 0 aromatic carbocycles. The lowest BCUT2D eigenvalue weighted by atomic mass is 10.1. The van der Waals surface area contributed by atoms with Gasteiger partial charge in [0, 0.05) is 23.0 Å². The zero-order valence-corrected chi connectivity index (χ0v) is 8.81. The van der Waals surface area contributed by atoms with E-state index in [1.54, 1.807) is 6.07 Å². The Kier molecular flexibility index (Phi) is 3.89. The van der Waals surface area contributed by atoms with Gasteiger partial charge in [0.25, 0.3) is 0 Å². The Bertz CT molecular complexity index is 451. The van der Waals surface area contributed by atoms with E-state index in [2.05, 4.69) is 9.72 Å². The van der Waals surface area contributed by atoms with E-state index in [4.69, 9.17) is 5.26 Å². The monoisotopic (exact) mass is 248 g/mol. The van der Waals surface area contributed by atoms with Crippen LogP contribution in [0.4, 0.5) is 17.6 Å². The van der Waals surface area contributed by atoms with Gasteiger partial charge in [-0.05, 0) is 6.92 Å². The molecule has 0 saturated carbocycles. The summed E-state index contributed by atoms with van der Waals surface area (Å²) in [6.07, 6.45) is -4.28. The SMILES string of the molecule is Cc1ncc(CF)c(OC(F)(F)F)c1CC#N. The van der Waals surface area contributed by atoms with Crippen LogP contribution in [-0.2, 0) is 13.1 Å². The van der Waals surface area contributed by atoms with E-state index < -0.39 is 18.8 Å². The highest BCUT2D eigenvalue weighted by Crippen LogP contribution is 2.32. The molecule has 7 heteroatoms. The van der Waals surface area contributed by atoms with Gasteiger partial charge in [0.05, 0.1) is 12.5 Å². The lowest BCUT2D eigenvalue weighted by molar-refractivity contribution is -0.275. The summed E-state index contributed by atoms with van der Waals surface area (Å²) in [6.45, 7) is 0.287. The van der Waals surface area contributed by atoms with E-state index in [0.29, 0.717) is 0 Å². The van der Waals surface area contributed by atoms with Gasteiger partial charge in [-0.1, -0.05) is 0 Å². The molecule has 1 rings (SSSR count). The molecule has 0 aliphatic heterocycles. The first-order valence-electron chi connectivity index (χ1n) is 4.55. The standard InChI is InChI=1S/C10H8F4N2O/c1-6-8(2-3-15)9(17-10(12,13)14)7(4-11)5-16-6/h5H,2,4H2,1H3. The topological polar surface area (TPSA) is 45.9 Å². The molecule has 0 bridgehead atoms. The van der Waals surface area contributed by atoms with E-state index in [0.717, 1.165) is 6.20 Å². The molecular weight excluding hydrogens is 240 g/mol. The fourth-order valence-corrected chi connectivity index (χ4v) is 1.29. The predicted molar refractivity (Wildman–Crippen MR) is 49.8 cm³/mol. The molecule has 0 spiro atoms. The minimum Gasteiger partial charge on any atom is -0.405 e. The highest BCUT2D eigenvalue weighted by atomic mass is 19.4. The van der Waals surface area contributed by atoms with Crippen LogP contribution < -0.4 is 4.74 Å². The van der Waals surface area contributed by atoms with Crippen molar-refractivity contribution in [2.45, 2.75) is 26.4 Å². The van der Waals surface area contributed by atoms with Crippen molar-refractivity contribution in [1.29, 1.82) is 5.26 Å². The number of hydrogen-bond acceptors (Lipinski definition) is 3. The summed E-state index contributed by atoms with van der Waals surface area (Å²) in [6, 6.07) is 1.69. The van der Waals surface area contributed by atoms with Crippen molar-refractivity contribution in [3.8, 4) is 11.8 Å². The number of rotatable bonds is 3. The summed E-state index contributed by atoms with van der Waals surface area (Å²) in [5.74, 6) is -0.658. The van der Waals surface area contributed by atoms with Gasteiger partial charge in [-0.15, -0.1) is 13.2 Å². The second-order valence-corrected chi connectivity index (χ2v) is 3.19. The minimum atomic E-state index is -4.93. The highest BCUT2D eigenvalue weighted by molar-refractivity contribution is 5.43. The molecule has 0 atom stereocenters. The van der Waals surface area contributed by atoms with Crippen molar-refractivity contribution in [2.75, 3.05) is 0 Å². The van der Waals surface area contributed by atoms with Crippen molar-refractivity contribution in [2.24, 2.45) is 0 Å². The van der Waals surface area contributed by atoms with Crippen LogP contribution in [0.1, 0.15) is 16.8 Å². The van der Waals surface area contributed by atoms with E-state index in [1.165, 1.54) is 6.92 Å². The zero-order chi connectivity index (χ0) is 13.1. The van der Waals surface area contributed by atoms with E-state index in [9.17, 15) is 17.6 Å². The maximum atomic E-state index is 12.5. The van der Waals surface area contributed by atoms with Gasteiger partial charge in [-0.25, -0.2) is 4.39 Å². The third-order valence-electron chi connectivity index (χ3n) is 2.03. The normalized spacial score (nSPS) is 11.1. The number of aromatic nitrogens is 1. The largest absolute Gasteiger partial charge is 0.573 e. The Balaban J connectivity index is 3.30. The number of ether oxygens (including phenoxy) is 1. The number of pyridine rings is 1. The number of nitrogens with zero attached hydrogens (tertiary/aromatic N) is 2. The van der Waals surface area contributed by atoms with Gasteiger partial charge >= 0.3 is 6.36 Å². The van der Waals surface area contributed by atoms with Crippen LogP contribution in [0, 0.1) is 18.3 Å². The molecule has 0 aliphatic carbocycles.